The highest BCUT2D eigenvalue weighted by molar-refractivity contribution is 8.13. The van der Waals surface area contributed by atoms with Gasteiger partial charge in [0.25, 0.3) is 0 Å². The highest BCUT2D eigenvalue weighted by Crippen LogP contribution is 2.37. The third kappa shape index (κ3) is 3.98. The first kappa shape index (κ1) is 18.5. The van der Waals surface area contributed by atoms with E-state index >= 15 is 0 Å². The smallest absolute Gasteiger partial charge is 0.326 e. The van der Waals surface area contributed by atoms with Crippen molar-refractivity contribution in [3.63, 3.8) is 0 Å². The zero-order chi connectivity index (χ0) is 17.9. The molecule has 0 spiro atoms. The number of carboxylic acid groups (broad SMARTS) is 1. The maximum atomic E-state index is 12.9. The summed E-state index contributed by atoms with van der Waals surface area (Å²) in [6, 6.07) is 6.75. The normalized spacial score (nSPS) is 18.5. The summed E-state index contributed by atoms with van der Waals surface area (Å²) in [6.07, 6.45) is 1.57. The molecule has 2 rings (SSSR count). The highest BCUT2D eigenvalue weighted by Gasteiger charge is 2.38. The monoisotopic (exact) mass is 349 g/mol. The largest absolute Gasteiger partial charge is 0.480 e. The molecule has 1 N–H and O–H groups in total. The summed E-state index contributed by atoms with van der Waals surface area (Å²) >= 11 is 1.10. The van der Waals surface area contributed by atoms with E-state index in [9.17, 15) is 19.5 Å². The van der Waals surface area contributed by atoms with Crippen LogP contribution in [0.15, 0.2) is 24.3 Å². The topological polar surface area (TPSA) is 74.7 Å². The average molecular weight is 349 g/mol. The molecule has 0 bridgehead atoms. The quantitative estimate of drug-likeness (QED) is 0.855. The van der Waals surface area contributed by atoms with E-state index in [0.717, 1.165) is 30.2 Å². The summed E-state index contributed by atoms with van der Waals surface area (Å²) in [5.41, 5.74) is 2.20. The van der Waals surface area contributed by atoms with Gasteiger partial charge in [-0.3, -0.25) is 9.59 Å². The molecule has 1 aromatic rings. The Labute approximate surface area is 146 Å². The molecular formula is C18H23NO4S. The van der Waals surface area contributed by atoms with Gasteiger partial charge >= 0.3 is 5.97 Å². The second-order valence-corrected chi connectivity index (χ2v) is 7.41. The number of hydrogen-bond donors (Lipinski definition) is 1. The Morgan fingerprint density at radius 1 is 1.29 bits per heavy atom. The minimum Gasteiger partial charge on any atom is -0.480 e. The standard InChI is InChI=1S/C18H23NO4S/c1-11(10-24-13(3)20)17(21)19(12(2)18(22)23)16-9-8-14-6-4-5-7-15(14)16/h4-7,11-12,16H,8-10H2,1-3H3,(H,22,23). The van der Waals surface area contributed by atoms with E-state index in [1.807, 2.05) is 24.3 Å². The van der Waals surface area contributed by atoms with Crippen LogP contribution in [0, 0.1) is 5.92 Å². The Hall–Kier alpha value is -1.82. The highest BCUT2D eigenvalue weighted by atomic mass is 32.2. The lowest BCUT2D eigenvalue weighted by Gasteiger charge is -2.35. The van der Waals surface area contributed by atoms with Crippen LogP contribution in [-0.2, 0) is 20.8 Å². The fourth-order valence-electron chi connectivity index (χ4n) is 3.13. The van der Waals surface area contributed by atoms with Crippen molar-refractivity contribution in [3.05, 3.63) is 35.4 Å². The number of carbonyl (C=O) groups is 3. The molecule has 1 aliphatic carbocycles. The number of benzene rings is 1. The van der Waals surface area contributed by atoms with E-state index in [0.29, 0.717) is 5.75 Å². The van der Waals surface area contributed by atoms with E-state index in [1.54, 1.807) is 13.8 Å². The van der Waals surface area contributed by atoms with Crippen LogP contribution in [0.1, 0.15) is 44.4 Å². The molecule has 5 nitrogen and oxygen atoms in total. The summed E-state index contributed by atoms with van der Waals surface area (Å²) in [7, 11) is 0. The fourth-order valence-corrected chi connectivity index (χ4v) is 3.75. The predicted octanol–water partition coefficient (Wildman–Crippen LogP) is 2.89. The molecular weight excluding hydrogens is 326 g/mol. The molecule has 0 radical (unpaired) electrons. The van der Waals surface area contributed by atoms with Crippen molar-refractivity contribution >= 4 is 28.8 Å². The van der Waals surface area contributed by atoms with E-state index in [-0.39, 0.29) is 17.1 Å². The molecule has 0 aromatic heterocycles. The molecule has 1 amide bonds. The predicted molar refractivity (Wildman–Crippen MR) is 93.8 cm³/mol. The van der Waals surface area contributed by atoms with Crippen LogP contribution in [-0.4, -0.2) is 38.8 Å². The number of rotatable bonds is 6. The Kier molecular flexibility index (Phi) is 6.04. The second-order valence-electron chi connectivity index (χ2n) is 6.22. The third-order valence-electron chi connectivity index (χ3n) is 4.42. The van der Waals surface area contributed by atoms with Crippen molar-refractivity contribution in [1.29, 1.82) is 0 Å². The zero-order valence-corrected chi connectivity index (χ0v) is 15.0. The molecule has 1 aliphatic rings. The average Bonchev–Trinajstić information content (AvgIpc) is 2.96. The molecule has 3 unspecified atom stereocenters. The van der Waals surface area contributed by atoms with Gasteiger partial charge in [-0.1, -0.05) is 43.0 Å². The Morgan fingerprint density at radius 3 is 2.58 bits per heavy atom. The number of nitrogens with zero attached hydrogens (tertiary/aromatic N) is 1. The van der Waals surface area contributed by atoms with Gasteiger partial charge < -0.3 is 10.0 Å². The van der Waals surface area contributed by atoms with Gasteiger partial charge in [0, 0.05) is 18.6 Å². The van der Waals surface area contributed by atoms with Gasteiger partial charge in [-0.05, 0) is 30.9 Å². The number of aliphatic carboxylic acids is 1. The van der Waals surface area contributed by atoms with Crippen molar-refractivity contribution in [2.24, 2.45) is 5.92 Å². The zero-order valence-electron chi connectivity index (χ0n) is 14.2. The van der Waals surface area contributed by atoms with Crippen LogP contribution >= 0.6 is 11.8 Å². The van der Waals surface area contributed by atoms with E-state index < -0.39 is 17.9 Å². The summed E-state index contributed by atoms with van der Waals surface area (Å²) < 4.78 is 0. The minimum atomic E-state index is -1.01. The lowest BCUT2D eigenvalue weighted by Crippen LogP contribution is -2.47. The Morgan fingerprint density at radius 2 is 1.96 bits per heavy atom. The SMILES string of the molecule is CC(=O)SCC(C)C(=O)N(C(C)C(=O)O)C1CCc2ccccc21. The van der Waals surface area contributed by atoms with Crippen LogP contribution in [0.3, 0.4) is 0 Å². The first-order valence-electron chi connectivity index (χ1n) is 8.09. The first-order chi connectivity index (χ1) is 11.3. The number of aryl methyl sites for hydroxylation is 1. The number of amides is 1. The van der Waals surface area contributed by atoms with Crippen LogP contribution in [0.2, 0.25) is 0 Å². The Balaban J connectivity index is 2.28. The van der Waals surface area contributed by atoms with Crippen LogP contribution in [0.5, 0.6) is 0 Å². The second kappa shape index (κ2) is 7.83. The molecule has 6 heteroatoms. The lowest BCUT2D eigenvalue weighted by atomic mass is 10.0. The van der Waals surface area contributed by atoms with Gasteiger partial charge in [-0.25, -0.2) is 4.79 Å². The van der Waals surface area contributed by atoms with Gasteiger partial charge in [0.05, 0.1) is 6.04 Å². The van der Waals surface area contributed by atoms with Gasteiger partial charge in [-0.15, -0.1) is 0 Å². The number of fused-ring (bicyclic) bond motifs is 1. The van der Waals surface area contributed by atoms with Crippen molar-refractivity contribution in [2.45, 2.75) is 45.7 Å². The molecule has 0 fully saturated rings. The molecule has 0 saturated carbocycles. The maximum Gasteiger partial charge on any atom is 0.326 e. The van der Waals surface area contributed by atoms with Crippen LogP contribution in [0.4, 0.5) is 0 Å². The van der Waals surface area contributed by atoms with Gasteiger partial charge in [0.2, 0.25) is 5.91 Å². The molecule has 24 heavy (non-hydrogen) atoms. The van der Waals surface area contributed by atoms with E-state index in [4.69, 9.17) is 0 Å². The number of carboxylic acids is 1. The van der Waals surface area contributed by atoms with Crippen LogP contribution in [0.25, 0.3) is 0 Å². The number of thioether (sulfide) groups is 1. The minimum absolute atomic E-state index is 0.0429. The molecule has 0 heterocycles. The van der Waals surface area contributed by atoms with Crippen molar-refractivity contribution in [1.82, 2.24) is 4.90 Å². The van der Waals surface area contributed by atoms with Gasteiger partial charge in [0.1, 0.15) is 6.04 Å². The van der Waals surface area contributed by atoms with Gasteiger partial charge in [-0.2, -0.15) is 0 Å². The van der Waals surface area contributed by atoms with Crippen molar-refractivity contribution in [3.8, 4) is 0 Å². The molecule has 1 aromatic carbocycles. The molecule has 0 aliphatic heterocycles. The summed E-state index contributed by atoms with van der Waals surface area (Å²) in [5.74, 6) is -1.27. The maximum absolute atomic E-state index is 12.9. The lowest BCUT2D eigenvalue weighted by molar-refractivity contribution is -0.153. The van der Waals surface area contributed by atoms with Crippen molar-refractivity contribution < 1.29 is 19.5 Å². The van der Waals surface area contributed by atoms with Gasteiger partial charge in [0.15, 0.2) is 5.12 Å². The summed E-state index contributed by atoms with van der Waals surface area (Å²) in [5, 5.41) is 9.41. The third-order valence-corrected chi connectivity index (χ3v) is 5.50. The van der Waals surface area contributed by atoms with E-state index in [1.165, 1.54) is 17.4 Å². The van der Waals surface area contributed by atoms with Crippen LogP contribution < -0.4 is 0 Å². The van der Waals surface area contributed by atoms with Crippen molar-refractivity contribution in [2.75, 3.05) is 5.75 Å². The summed E-state index contributed by atoms with van der Waals surface area (Å²) in [6.45, 7) is 4.76. The molecule has 130 valence electrons. The number of carbonyl (C=O) groups excluding carboxylic acids is 2. The molecule has 0 saturated heterocycles. The summed E-state index contributed by atoms with van der Waals surface area (Å²) in [4.78, 5) is 37.1. The fraction of sp³-hybridized carbons (Fsp3) is 0.500. The van der Waals surface area contributed by atoms with E-state index in [2.05, 4.69) is 0 Å². The number of hydrogen-bond acceptors (Lipinski definition) is 4. The first-order valence-corrected chi connectivity index (χ1v) is 9.07. The Bertz CT molecular complexity index is 646. The molecule has 3 atom stereocenters.